The van der Waals surface area contributed by atoms with Crippen molar-refractivity contribution in [2.45, 2.75) is 33.7 Å². The van der Waals surface area contributed by atoms with Gasteiger partial charge in [-0.05, 0) is 35.6 Å². The maximum atomic E-state index is 5.51. The number of ether oxygens (including phenoxy) is 1. The first-order valence-corrected chi connectivity index (χ1v) is 6.62. The van der Waals surface area contributed by atoms with Crippen molar-refractivity contribution in [3.05, 3.63) is 29.3 Å². The Hall–Kier alpha value is -1.02. The molecule has 2 rings (SSSR count). The SMILES string of the molecule is CC(C)[C@H](C)CNCc1ccc2c(c1)CCO2. The first-order chi connectivity index (χ1) is 8.16. The van der Waals surface area contributed by atoms with Gasteiger partial charge in [0.2, 0.25) is 0 Å². The molecule has 1 atom stereocenters. The first kappa shape index (κ1) is 12.4. The van der Waals surface area contributed by atoms with Crippen LogP contribution in [0, 0.1) is 11.8 Å². The zero-order valence-electron chi connectivity index (χ0n) is 11.1. The molecule has 0 radical (unpaired) electrons. The van der Waals surface area contributed by atoms with E-state index in [2.05, 4.69) is 44.3 Å². The summed E-state index contributed by atoms with van der Waals surface area (Å²) in [6, 6.07) is 6.54. The zero-order chi connectivity index (χ0) is 12.3. The maximum Gasteiger partial charge on any atom is 0.122 e. The molecule has 1 aromatic rings. The number of hydrogen-bond acceptors (Lipinski definition) is 2. The van der Waals surface area contributed by atoms with Crippen molar-refractivity contribution >= 4 is 0 Å². The Balaban J connectivity index is 1.83. The molecule has 0 saturated heterocycles. The molecular formula is C15H23NO. The van der Waals surface area contributed by atoms with E-state index < -0.39 is 0 Å². The largest absolute Gasteiger partial charge is 0.493 e. The summed E-state index contributed by atoms with van der Waals surface area (Å²) in [5, 5.41) is 3.53. The summed E-state index contributed by atoms with van der Waals surface area (Å²) in [5.74, 6) is 2.55. The van der Waals surface area contributed by atoms with Crippen molar-refractivity contribution < 1.29 is 4.74 Å². The molecular weight excluding hydrogens is 210 g/mol. The lowest BCUT2D eigenvalue weighted by Crippen LogP contribution is -2.23. The number of benzene rings is 1. The molecule has 17 heavy (non-hydrogen) atoms. The van der Waals surface area contributed by atoms with E-state index in [1.807, 2.05) is 0 Å². The Morgan fingerprint density at radius 2 is 2.12 bits per heavy atom. The van der Waals surface area contributed by atoms with Gasteiger partial charge in [0.25, 0.3) is 0 Å². The number of rotatable bonds is 5. The fourth-order valence-electron chi connectivity index (χ4n) is 2.03. The van der Waals surface area contributed by atoms with Crippen molar-refractivity contribution in [1.29, 1.82) is 0 Å². The molecule has 2 nitrogen and oxygen atoms in total. The van der Waals surface area contributed by atoms with E-state index >= 15 is 0 Å². The maximum absolute atomic E-state index is 5.51. The van der Waals surface area contributed by atoms with Crippen molar-refractivity contribution in [2.75, 3.05) is 13.2 Å². The van der Waals surface area contributed by atoms with Crippen LogP contribution in [-0.2, 0) is 13.0 Å². The quantitative estimate of drug-likeness (QED) is 0.844. The molecule has 0 spiro atoms. The number of fused-ring (bicyclic) bond motifs is 1. The van der Waals surface area contributed by atoms with Crippen molar-refractivity contribution in [2.24, 2.45) is 11.8 Å². The van der Waals surface area contributed by atoms with Gasteiger partial charge in [0.05, 0.1) is 6.61 Å². The Bertz CT molecular complexity index is 373. The van der Waals surface area contributed by atoms with Crippen molar-refractivity contribution in [3.63, 3.8) is 0 Å². The standard InChI is InChI=1S/C15H23NO/c1-11(2)12(3)9-16-10-13-4-5-15-14(8-13)6-7-17-15/h4-5,8,11-12,16H,6-7,9-10H2,1-3H3/t12-/m1/s1. The lowest BCUT2D eigenvalue weighted by Gasteiger charge is -2.16. The molecule has 0 aromatic heterocycles. The van der Waals surface area contributed by atoms with E-state index in [0.717, 1.165) is 43.7 Å². The van der Waals surface area contributed by atoms with E-state index in [1.54, 1.807) is 0 Å². The lowest BCUT2D eigenvalue weighted by molar-refractivity contribution is 0.356. The highest BCUT2D eigenvalue weighted by molar-refractivity contribution is 5.39. The molecule has 0 saturated carbocycles. The van der Waals surface area contributed by atoms with Crippen LogP contribution in [0.5, 0.6) is 5.75 Å². The second kappa shape index (κ2) is 5.54. The van der Waals surface area contributed by atoms with Gasteiger partial charge >= 0.3 is 0 Å². The molecule has 1 aromatic carbocycles. The van der Waals surface area contributed by atoms with Crippen molar-refractivity contribution in [1.82, 2.24) is 5.32 Å². The Kier molecular flexibility index (Phi) is 4.06. The fraction of sp³-hybridized carbons (Fsp3) is 0.600. The van der Waals surface area contributed by atoms with E-state index in [4.69, 9.17) is 4.74 Å². The summed E-state index contributed by atoms with van der Waals surface area (Å²) in [6.45, 7) is 9.75. The minimum absolute atomic E-state index is 0.729. The van der Waals surface area contributed by atoms with Gasteiger partial charge < -0.3 is 10.1 Å². The molecule has 1 aliphatic rings. The van der Waals surface area contributed by atoms with Gasteiger partial charge in [-0.15, -0.1) is 0 Å². The molecule has 94 valence electrons. The van der Waals surface area contributed by atoms with Gasteiger partial charge in [-0.2, -0.15) is 0 Å². The highest BCUT2D eigenvalue weighted by Gasteiger charge is 2.12. The highest BCUT2D eigenvalue weighted by atomic mass is 16.5. The third-order valence-corrected chi connectivity index (χ3v) is 3.69. The van der Waals surface area contributed by atoms with Crippen LogP contribution in [0.25, 0.3) is 0 Å². The van der Waals surface area contributed by atoms with E-state index in [-0.39, 0.29) is 0 Å². The van der Waals surface area contributed by atoms with Gasteiger partial charge in [0.15, 0.2) is 0 Å². The molecule has 0 amide bonds. The summed E-state index contributed by atoms with van der Waals surface area (Å²) >= 11 is 0. The smallest absolute Gasteiger partial charge is 0.122 e. The molecule has 2 heteroatoms. The summed E-state index contributed by atoms with van der Waals surface area (Å²) in [7, 11) is 0. The Morgan fingerprint density at radius 1 is 1.29 bits per heavy atom. The van der Waals surface area contributed by atoms with Gasteiger partial charge in [0, 0.05) is 13.0 Å². The summed E-state index contributed by atoms with van der Waals surface area (Å²) < 4.78 is 5.51. The van der Waals surface area contributed by atoms with Crippen LogP contribution in [0.4, 0.5) is 0 Å². The van der Waals surface area contributed by atoms with E-state index in [1.165, 1.54) is 11.1 Å². The molecule has 0 bridgehead atoms. The number of nitrogens with one attached hydrogen (secondary N) is 1. The molecule has 0 fully saturated rings. The topological polar surface area (TPSA) is 21.3 Å². The Labute approximate surface area is 104 Å². The van der Waals surface area contributed by atoms with Crippen LogP contribution in [-0.4, -0.2) is 13.2 Å². The fourth-order valence-corrected chi connectivity index (χ4v) is 2.03. The van der Waals surface area contributed by atoms with Crippen molar-refractivity contribution in [3.8, 4) is 5.75 Å². The van der Waals surface area contributed by atoms with Crippen LogP contribution in [0.3, 0.4) is 0 Å². The van der Waals surface area contributed by atoms with Crippen LogP contribution < -0.4 is 10.1 Å². The Morgan fingerprint density at radius 3 is 2.88 bits per heavy atom. The predicted octanol–water partition coefficient (Wildman–Crippen LogP) is 3.00. The van der Waals surface area contributed by atoms with Gasteiger partial charge in [-0.1, -0.05) is 32.9 Å². The average molecular weight is 233 g/mol. The average Bonchev–Trinajstić information content (AvgIpc) is 2.75. The molecule has 1 aliphatic heterocycles. The van der Waals surface area contributed by atoms with Gasteiger partial charge in [-0.25, -0.2) is 0 Å². The molecule has 0 unspecified atom stereocenters. The van der Waals surface area contributed by atoms with Gasteiger partial charge in [0.1, 0.15) is 5.75 Å². The first-order valence-electron chi connectivity index (χ1n) is 6.62. The summed E-state index contributed by atoms with van der Waals surface area (Å²) in [4.78, 5) is 0. The molecule has 1 heterocycles. The molecule has 0 aliphatic carbocycles. The van der Waals surface area contributed by atoms with Gasteiger partial charge in [-0.3, -0.25) is 0 Å². The second-order valence-electron chi connectivity index (χ2n) is 5.39. The lowest BCUT2D eigenvalue weighted by atomic mass is 9.98. The van der Waals surface area contributed by atoms with E-state index in [0.29, 0.717) is 0 Å². The summed E-state index contributed by atoms with van der Waals surface area (Å²) in [5.41, 5.74) is 2.73. The molecule has 1 N–H and O–H groups in total. The van der Waals surface area contributed by atoms with Crippen LogP contribution >= 0.6 is 0 Å². The van der Waals surface area contributed by atoms with Crippen LogP contribution in [0.1, 0.15) is 31.9 Å². The van der Waals surface area contributed by atoms with Crippen LogP contribution in [0.15, 0.2) is 18.2 Å². The normalized spacial score (nSPS) is 15.8. The monoisotopic (exact) mass is 233 g/mol. The van der Waals surface area contributed by atoms with Crippen LogP contribution in [0.2, 0.25) is 0 Å². The minimum Gasteiger partial charge on any atom is -0.493 e. The predicted molar refractivity (Wildman–Crippen MR) is 71.3 cm³/mol. The third-order valence-electron chi connectivity index (χ3n) is 3.69. The minimum atomic E-state index is 0.729. The van der Waals surface area contributed by atoms with E-state index in [9.17, 15) is 0 Å². The number of hydrogen-bond donors (Lipinski definition) is 1. The highest BCUT2D eigenvalue weighted by Crippen LogP contribution is 2.25. The second-order valence-corrected chi connectivity index (χ2v) is 5.39. The third kappa shape index (κ3) is 3.22. The summed E-state index contributed by atoms with van der Waals surface area (Å²) in [6.07, 6.45) is 1.06. The zero-order valence-corrected chi connectivity index (χ0v) is 11.1.